The van der Waals surface area contributed by atoms with Gasteiger partial charge in [-0.15, -0.1) is 6.42 Å². The number of carbonyl (C=O) groups is 1. The number of fused-ring (bicyclic) bond motifs is 2. The number of hydrogen-bond acceptors (Lipinski definition) is 8. The molecule has 2 heterocycles. The first-order chi connectivity index (χ1) is 13.1. The van der Waals surface area contributed by atoms with Gasteiger partial charge < -0.3 is 30.3 Å². The molecule has 9 heteroatoms. The molecule has 8 nitrogen and oxygen atoms in total. The summed E-state index contributed by atoms with van der Waals surface area (Å²) in [6.45, 7) is 0.316. The molecule has 2 aliphatic heterocycles. The second-order valence-electron chi connectivity index (χ2n) is 6.52. The molecular weight excluding hydrogens is 370 g/mol. The fourth-order valence-electron chi connectivity index (χ4n) is 3.48. The molecule has 4 N–H and O–H groups in total. The van der Waals surface area contributed by atoms with Crippen molar-refractivity contribution in [3.63, 3.8) is 0 Å². The molecule has 0 radical (unpaired) electrons. The maximum atomic E-state index is 12.4. The summed E-state index contributed by atoms with van der Waals surface area (Å²) >= 11 is 1.38. The number of ether oxygens (including phenoxy) is 2. The average molecular weight is 389 g/mol. The van der Waals surface area contributed by atoms with Crippen LogP contribution in [0, 0.1) is 18.3 Å². The normalized spacial score (nSPS) is 30.9. The van der Waals surface area contributed by atoms with E-state index in [1.165, 1.54) is 11.8 Å². The second kappa shape index (κ2) is 7.31. The topological polar surface area (TPSA) is 112 Å². The number of aliphatic imine (C=N–C) groups is 1. The smallest absolute Gasteiger partial charge is 0.231 e. The van der Waals surface area contributed by atoms with E-state index in [4.69, 9.17) is 15.9 Å². The minimum atomic E-state index is -1.02. The van der Waals surface area contributed by atoms with E-state index < -0.39 is 24.2 Å². The SMILES string of the molecule is C#CCNC(=O)[C@H]1C[C@@H](O)[C@H](O)[C@@H]2N=C(Nc3ccc4c(c3)OCO4)S[C@@H]21. The van der Waals surface area contributed by atoms with E-state index in [2.05, 4.69) is 21.5 Å². The second-order valence-corrected chi connectivity index (χ2v) is 7.69. The summed E-state index contributed by atoms with van der Waals surface area (Å²) in [4.78, 5) is 16.9. The summed E-state index contributed by atoms with van der Waals surface area (Å²) in [5.41, 5.74) is 0.757. The van der Waals surface area contributed by atoms with E-state index in [0.29, 0.717) is 16.7 Å². The van der Waals surface area contributed by atoms with Crippen LogP contribution in [0.25, 0.3) is 0 Å². The van der Waals surface area contributed by atoms with Crippen molar-refractivity contribution >= 4 is 28.5 Å². The van der Waals surface area contributed by atoms with Gasteiger partial charge in [0.25, 0.3) is 0 Å². The van der Waals surface area contributed by atoms with Gasteiger partial charge in [0.1, 0.15) is 6.10 Å². The van der Waals surface area contributed by atoms with Crippen LogP contribution in [0.4, 0.5) is 5.69 Å². The zero-order valence-corrected chi connectivity index (χ0v) is 15.1. The lowest BCUT2D eigenvalue weighted by atomic mass is 9.81. The number of thioether (sulfide) groups is 1. The van der Waals surface area contributed by atoms with Crippen LogP contribution in [0.5, 0.6) is 11.5 Å². The number of carbonyl (C=O) groups excluding carboxylic acids is 1. The van der Waals surface area contributed by atoms with E-state index >= 15 is 0 Å². The van der Waals surface area contributed by atoms with Crippen molar-refractivity contribution in [1.82, 2.24) is 5.32 Å². The van der Waals surface area contributed by atoms with Gasteiger partial charge >= 0.3 is 0 Å². The number of anilines is 1. The molecule has 0 bridgehead atoms. The largest absolute Gasteiger partial charge is 0.454 e. The Hall–Kier alpha value is -2.41. The molecule has 142 valence electrons. The van der Waals surface area contributed by atoms with Gasteiger partial charge in [-0.1, -0.05) is 17.7 Å². The predicted octanol–water partition coefficient (Wildman–Crippen LogP) is 0.158. The maximum Gasteiger partial charge on any atom is 0.231 e. The molecule has 1 aromatic carbocycles. The lowest BCUT2D eigenvalue weighted by Crippen LogP contribution is -2.54. The van der Waals surface area contributed by atoms with Crippen molar-refractivity contribution < 1.29 is 24.5 Å². The van der Waals surface area contributed by atoms with Gasteiger partial charge in [0.05, 0.1) is 24.6 Å². The standard InChI is InChI=1S/C18H19N3O5S/c1-2-5-19-17(24)10-7-11(22)15(23)14-16(10)27-18(21-14)20-9-3-4-12-13(6-9)26-8-25-12/h1,3-4,6,10-11,14-16,22-23H,5,7-8H2,(H,19,24)(H,20,21)/t10-,11+,14-,15-,16+/m0/s1. The molecule has 3 aliphatic rings. The highest BCUT2D eigenvalue weighted by molar-refractivity contribution is 8.15. The molecular formula is C18H19N3O5S. The molecule has 1 fully saturated rings. The Balaban J connectivity index is 1.50. The Morgan fingerprint density at radius 2 is 2.19 bits per heavy atom. The minimum absolute atomic E-state index is 0.124. The first kappa shape index (κ1) is 18.0. The molecule has 0 saturated heterocycles. The van der Waals surface area contributed by atoms with Gasteiger partial charge in [-0.3, -0.25) is 9.79 Å². The van der Waals surface area contributed by atoms with Crippen LogP contribution in [-0.2, 0) is 4.79 Å². The Bertz CT molecular complexity index is 824. The Kier molecular flexibility index (Phi) is 4.86. The monoisotopic (exact) mass is 389 g/mol. The number of aliphatic hydroxyl groups excluding tert-OH is 2. The van der Waals surface area contributed by atoms with Crippen LogP contribution in [0.15, 0.2) is 23.2 Å². The van der Waals surface area contributed by atoms with E-state index in [1.54, 1.807) is 12.1 Å². The molecule has 0 unspecified atom stereocenters. The van der Waals surface area contributed by atoms with Crippen molar-refractivity contribution in [2.75, 3.05) is 18.7 Å². The Morgan fingerprint density at radius 3 is 3.00 bits per heavy atom. The van der Waals surface area contributed by atoms with Crippen molar-refractivity contribution in [3.05, 3.63) is 18.2 Å². The van der Waals surface area contributed by atoms with Crippen LogP contribution in [0.3, 0.4) is 0 Å². The lowest BCUT2D eigenvalue weighted by molar-refractivity contribution is -0.129. The average Bonchev–Trinajstić information content (AvgIpc) is 3.29. The number of aliphatic hydroxyl groups is 2. The highest BCUT2D eigenvalue weighted by Crippen LogP contribution is 2.42. The fraction of sp³-hybridized carbons (Fsp3) is 0.444. The summed E-state index contributed by atoms with van der Waals surface area (Å²) in [6, 6.07) is 4.86. The van der Waals surface area contributed by atoms with E-state index in [1.807, 2.05) is 6.07 Å². The summed E-state index contributed by atoms with van der Waals surface area (Å²) in [6.07, 6.45) is 3.33. The van der Waals surface area contributed by atoms with Gasteiger partial charge in [0, 0.05) is 17.0 Å². The maximum absolute atomic E-state index is 12.4. The number of nitrogens with one attached hydrogen (secondary N) is 2. The van der Waals surface area contributed by atoms with E-state index in [0.717, 1.165) is 5.69 Å². The fourth-order valence-corrected chi connectivity index (χ4v) is 4.85. The van der Waals surface area contributed by atoms with Crippen molar-refractivity contribution in [2.45, 2.75) is 29.9 Å². The summed E-state index contributed by atoms with van der Waals surface area (Å²) < 4.78 is 10.7. The Morgan fingerprint density at radius 1 is 1.37 bits per heavy atom. The van der Waals surface area contributed by atoms with Gasteiger partial charge in [-0.2, -0.15) is 0 Å². The third kappa shape index (κ3) is 3.43. The third-order valence-corrected chi connectivity index (χ3v) is 6.12. The van der Waals surface area contributed by atoms with Gasteiger partial charge in [-0.25, -0.2) is 0 Å². The molecule has 5 atom stereocenters. The molecule has 1 aliphatic carbocycles. The van der Waals surface area contributed by atoms with Crippen LogP contribution in [-0.4, -0.2) is 58.1 Å². The first-order valence-corrected chi connectivity index (χ1v) is 9.43. The molecule has 1 aromatic rings. The third-order valence-electron chi connectivity index (χ3n) is 4.81. The van der Waals surface area contributed by atoms with Gasteiger partial charge in [0.15, 0.2) is 16.7 Å². The number of hydrogen-bond donors (Lipinski definition) is 4. The highest BCUT2D eigenvalue weighted by Gasteiger charge is 2.50. The van der Waals surface area contributed by atoms with E-state index in [9.17, 15) is 15.0 Å². The van der Waals surface area contributed by atoms with E-state index in [-0.39, 0.29) is 30.9 Å². The highest BCUT2D eigenvalue weighted by atomic mass is 32.2. The van der Waals surface area contributed by atoms with Crippen molar-refractivity contribution in [2.24, 2.45) is 10.9 Å². The van der Waals surface area contributed by atoms with Gasteiger partial charge in [-0.05, 0) is 18.6 Å². The molecule has 4 rings (SSSR count). The van der Waals surface area contributed by atoms with Gasteiger partial charge in [0.2, 0.25) is 12.7 Å². The van der Waals surface area contributed by atoms with Crippen LogP contribution >= 0.6 is 11.8 Å². The minimum Gasteiger partial charge on any atom is -0.454 e. The molecule has 1 saturated carbocycles. The summed E-state index contributed by atoms with van der Waals surface area (Å²) in [5.74, 6) is 2.96. The molecule has 0 spiro atoms. The molecule has 1 amide bonds. The zero-order chi connectivity index (χ0) is 19.0. The van der Waals surface area contributed by atoms with Crippen molar-refractivity contribution in [1.29, 1.82) is 0 Å². The number of amidine groups is 1. The Labute approximate surface area is 160 Å². The van der Waals surface area contributed by atoms with Crippen LogP contribution in [0.2, 0.25) is 0 Å². The number of nitrogens with zero attached hydrogens (tertiary/aromatic N) is 1. The van der Waals surface area contributed by atoms with Crippen molar-refractivity contribution in [3.8, 4) is 23.8 Å². The summed E-state index contributed by atoms with van der Waals surface area (Å²) in [5, 5.41) is 26.6. The number of terminal acetylenes is 1. The first-order valence-electron chi connectivity index (χ1n) is 8.55. The number of benzene rings is 1. The quantitative estimate of drug-likeness (QED) is 0.545. The number of rotatable bonds is 3. The summed E-state index contributed by atoms with van der Waals surface area (Å²) in [7, 11) is 0. The van der Waals surface area contributed by atoms with Crippen LogP contribution in [0.1, 0.15) is 6.42 Å². The zero-order valence-electron chi connectivity index (χ0n) is 14.3. The molecule has 27 heavy (non-hydrogen) atoms. The van der Waals surface area contributed by atoms with Crippen LogP contribution < -0.4 is 20.1 Å². The number of amides is 1. The molecule has 0 aromatic heterocycles. The lowest BCUT2D eigenvalue weighted by Gasteiger charge is -2.37. The predicted molar refractivity (Wildman–Crippen MR) is 101 cm³/mol.